The van der Waals surface area contributed by atoms with E-state index < -0.39 is 10.0 Å². The first-order valence-electron chi connectivity index (χ1n) is 14.5. The number of amides is 1. The zero-order chi connectivity index (χ0) is 32.1. The van der Waals surface area contributed by atoms with Crippen LogP contribution in [0.4, 0.5) is 23.0 Å². The molecule has 12 nitrogen and oxygen atoms in total. The lowest BCUT2D eigenvalue weighted by atomic mass is 10.1. The maximum absolute atomic E-state index is 13.6. The maximum atomic E-state index is 13.6. The highest BCUT2D eigenvalue weighted by molar-refractivity contribution is 7.92. The van der Waals surface area contributed by atoms with E-state index in [1.807, 2.05) is 35.2 Å². The Labute approximate surface area is 266 Å². The minimum absolute atomic E-state index is 0.0544. The number of fused-ring (bicyclic) bond motifs is 1. The number of carbonyl (C=O) groups excluding carboxylic acids is 1. The number of benzene rings is 4. The molecule has 0 saturated carbocycles. The van der Waals surface area contributed by atoms with Crippen LogP contribution in [0.5, 0.6) is 11.5 Å². The molecule has 46 heavy (non-hydrogen) atoms. The number of hydrogen-bond acceptors (Lipinski definition) is 10. The van der Waals surface area contributed by atoms with Crippen LogP contribution in [-0.4, -0.2) is 67.7 Å². The number of para-hydroxylation sites is 2. The highest BCUT2D eigenvalue weighted by atomic mass is 32.2. The van der Waals surface area contributed by atoms with E-state index in [2.05, 4.69) is 25.3 Å². The Balaban J connectivity index is 1.19. The molecule has 1 aromatic heterocycles. The maximum Gasteiger partial charge on any atom is 0.263 e. The average molecular weight is 641 g/mol. The van der Waals surface area contributed by atoms with Crippen LogP contribution in [0.1, 0.15) is 11.7 Å². The summed E-state index contributed by atoms with van der Waals surface area (Å²) < 4.78 is 40.9. The summed E-state index contributed by atoms with van der Waals surface area (Å²) in [5.41, 5.74) is 2.78. The van der Waals surface area contributed by atoms with Gasteiger partial charge in [0.25, 0.3) is 10.0 Å². The molecule has 1 unspecified atom stereocenters. The number of aromatic hydroxyl groups is 1. The fourth-order valence-electron chi connectivity index (χ4n) is 5.11. The van der Waals surface area contributed by atoms with Gasteiger partial charge in [-0.05, 0) is 35.9 Å². The number of anilines is 4. The van der Waals surface area contributed by atoms with E-state index in [1.54, 1.807) is 42.5 Å². The third-order valence-electron chi connectivity index (χ3n) is 7.31. The predicted octanol–water partition coefficient (Wildman–Crippen LogP) is 4.90. The van der Waals surface area contributed by atoms with Crippen molar-refractivity contribution in [2.45, 2.75) is 11.0 Å². The summed E-state index contributed by atoms with van der Waals surface area (Å²) in [6.45, 7) is 1.80. The number of sulfonamides is 1. The molecule has 236 valence electrons. The van der Waals surface area contributed by atoms with E-state index in [-0.39, 0.29) is 40.8 Å². The Morgan fingerprint density at radius 1 is 0.935 bits per heavy atom. The number of phenolic OH excluding ortho intramolecular Hbond substituents is 1. The Morgan fingerprint density at radius 2 is 1.67 bits per heavy atom. The van der Waals surface area contributed by atoms with Crippen LogP contribution in [0.3, 0.4) is 0 Å². The van der Waals surface area contributed by atoms with Gasteiger partial charge >= 0.3 is 0 Å². The zero-order valence-corrected chi connectivity index (χ0v) is 25.7. The van der Waals surface area contributed by atoms with Gasteiger partial charge < -0.3 is 25.2 Å². The Hall–Kier alpha value is -5.24. The van der Waals surface area contributed by atoms with E-state index in [1.165, 1.54) is 31.4 Å². The molecule has 1 fully saturated rings. The largest absolute Gasteiger partial charge is 0.508 e. The summed E-state index contributed by atoms with van der Waals surface area (Å²) in [6, 6.07) is 27.4. The summed E-state index contributed by atoms with van der Waals surface area (Å²) in [7, 11) is -2.72. The standard InChI is InChI=1S/C33H32N6O6S/c1-44-26-17-24(16-25(40)19-26)35-32-33(37-29-13-6-5-12-28(29)36-32)38-46(42,43)27-11-7-10-23(18-27)34-31(41)21-39-14-15-45-30(20-39)22-8-3-2-4-9-22/h2-13,16-19,30,40H,14-15,20-21H2,1H3,(H,34,41)(H,35,36)(H,37,38). The van der Waals surface area contributed by atoms with E-state index >= 15 is 0 Å². The van der Waals surface area contributed by atoms with Gasteiger partial charge in [-0.2, -0.15) is 0 Å². The number of carbonyl (C=O) groups is 1. The first kappa shape index (κ1) is 30.8. The number of aromatic nitrogens is 2. The predicted molar refractivity (Wildman–Crippen MR) is 175 cm³/mol. The highest BCUT2D eigenvalue weighted by Gasteiger charge is 2.24. The van der Waals surface area contributed by atoms with Crippen LogP contribution in [0.2, 0.25) is 0 Å². The SMILES string of the molecule is COc1cc(O)cc(Nc2nc3ccccc3nc2NS(=O)(=O)c2cccc(NC(=O)CN3CCOC(c4ccccc4)C3)c2)c1. The third kappa shape index (κ3) is 7.34. The summed E-state index contributed by atoms with van der Waals surface area (Å²) in [5.74, 6) is 0.113. The molecule has 4 N–H and O–H groups in total. The van der Waals surface area contributed by atoms with E-state index in [4.69, 9.17) is 9.47 Å². The molecule has 0 radical (unpaired) electrons. The van der Waals surface area contributed by atoms with Crippen LogP contribution >= 0.6 is 0 Å². The number of nitrogens with one attached hydrogen (secondary N) is 3. The van der Waals surface area contributed by atoms with Gasteiger partial charge in [-0.3, -0.25) is 14.4 Å². The molecule has 0 spiro atoms. The number of methoxy groups -OCH3 is 1. The molecule has 1 aliphatic rings. The van der Waals surface area contributed by atoms with Crippen molar-refractivity contribution >= 4 is 50.0 Å². The number of rotatable bonds is 10. The second-order valence-corrected chi connectivity index (χ2v) is 12.3. The fourth-order valence-corrected chi connectivity index (χ4v) is 6.17. The van der Waals surface area contributed by atoms with E-state index in [0.717, 1.165) is 5.56 Å². The molecule has 4 aromatic carbocycles. The van der Waals surface area contributed by atoms with Crippen molar-refractivity contribution in [3.8, 4) is 11.5 Å². The number of morpholine rings is 1. The molecule has 6 rings (SSSR count). The van der Waals surface area contributed by atoms with Crippen LogP contribution in [0.15, 0.2) is 102 Å². The van der Waals surface area contributed by atoms with E-state index in [9.17, 15) is 18.3 Å². The molecule has 0 bridgehead atoms. The summed E-state index contributed by atoms with van der Waals surface area (Å²) in [6.07, 6.45) is -0.130. The third-order valence-corrected chi connectivity index (χ3v) is 8.65. The molecule has 1 amide bonds. The van der Waals surface area contributed by atoms with Crippen LogP contribution < -0.4 is 20.1 Å². The zero-order valence-electron chi connectivity index (χ0n) is 24.9. The minimum atomic E-state index is -4.19. The summed E-state index contributed by atoms with van der Waals surface area (Å²) in [4.78, 5) is 24.0. The molecule has 0 aliphatic carbocycles. The molecule has 2 heterocycles. The van der Waals surface area contributed by atoms with Crippen molar-refractivity contribution < 1.29 is 27.8 Å². The minimum Gasteiger partial charge on any atom is -0.508 e. The number of phenols is 1. The van der Waals surface area contributed by atoms with Crippen molar-refractivity contribution in [1.29, 1.82) is 0 Å². The van der Waals surface area contributed by atoms with Gasteiger partial charge in [-0.25, -0.2) is 18.4 Å². The summed E-state index contributed by atoms with van der Waals surface area (Å²) >= 11 is 0. The number of ether oxygens (including phenoxy) is 2. The summed E-state index contributed by atoms with van der Waals surface area (Å²) in [5, 5.41) is 16.0. The van der Waals surface area contributed by atoms with E-state index in [0.29, 0.717) is 47.9 Å². The average Bonchev–Trinajstić information content (AvgIpc) is 3.05. The van der Waals surface area contributed by atoms with Crippen molar-refractivity contribution in [2.75, 3.05) is 48.7 Å². The molecule has 1 atom stereocenters. The van der Waals surface area contributed by atoms with Crippen molar-refractivity contribution in [3.05, 3.63) is 103 Å². The van der Waals surface area contributed by atoms with Gasteiger partial charge in [0.1, 0.15) is 11.5 Å². The Bertz CT molecular complexity index is 1980. The lowest BCUT2D eigenvalue weighted by Crippen LogP contribution is -2.42. The molecule has 13 heteroatoms. The molecular weight excluding hydrogens is 608 g/mol. The lowest BCUT2D eigenvalue weighted by molar-refractivity contribution is -0.119. The number of hydrogen-bond donors (Lipinski definition) is 4. The first-order chi connectivity index (χ1) is 22.3. The molecule has 1 aliphatic heterocycles. The monoisotopic (exact) mass is 640 g/mol. The topological polar surface area (TPSA) is 155 Å². The van der Waals surface area contributed by atoms with Gasteiger partial charge in [0.05, 0.1) is 42.3 Å². The van der Waals surface area contributed by atoms with Gasteiger partial charge in [-0.15, -0.1) is 0 Å². The molecular formula is C33H32N6O6S. The van der Waals surface area contributed by atoms with Gasteiger partial charge in [0.2, 0.25) is 5.91 Å². The lowest BCUT2D eigenvalue weighted by Gasteiger charge is -2.32. The van der Waals surface area contributed by atoms with Crippen LogP contribution in [0, 0.1) is 0 Å². The first-order valence-corrected chi connectivity index (χ1v) is 16.0. The quantitative estimate of drug-likeness (QED) is 0.166. The normalized spacial score (nSPS) is 15.3. The second kappa shape index (κ2) is 13.4. The number of nitrogens with zero attached hydrogens (tertiary/aromatic N) is 3. The molecule has 5 aromatic rings. The van der Waals surface area contributed by atoms with Crippen molar-refractivity contribution in [2.24, 2.45) is 0 Å². The van der Waals surface area contributed by atoms with Crippen molar-refractivity contribution in [1.82, 2.24) is 14.9 Å². The van der Waals surface area contributed by atoms with Crippen molar-refractivity contribution in [3.63, 3.8) is 0 Å². The van der Waals surface area contributed by atoms with Gasteiger partial charge in [0.15, 0.2) is 11.6 Å². The van der Waals surface area contributed by atoms with Gasteiger partial charge in [-0.1, -0.05) is 48.5 Å². The van der Waals surface area contributed by atoms with Crippen LogP contribution in [-0.2, 0) is 19.6 Å². The fraction of sp³-hybridized carbons (Fsp3) is 0.182. The van der Waals surface area contributed by atoms with Crippen LogP contribution in [0.25, 0.3) is 11.0 Å². The molecule has 1 saturated heterocycles. The Morgan fingerprint density at radius 3 is 2.43 bits per heavy atom. The van der Waals surface area contributed by atoms with Gasteiger partial charge in [0, 0.05) is 42.7 Å². The highest BCUT2D eigenvalue weighted by Crippen LogP contribution is 2.31. The smallest absolute Gasteiger partial charge is 0.263 e. The second-order valence-electron chi connectivity index (χ2n) is 10.6. The Kier molecular flexibility index (Phi) is 8.97.